The number of carbonyl (C=O) groups is 1. The molecule has 1 aliphatic carbocycles. The molecule has 3 heteroatoms. The van der Waals surface area contributed by atoms with E-state index < -0.39 is 0 Å². The van der Waals surface area contributed by atoms with Crippen molar-refractivity contribution in [1.82, 2.24) is 0 Å². The molecule has 1 fully saturated rings. The lowest BCUT2D eigenvalue weighted by Crippen LogP contribution is -2.20. The molecule has 0 heterocycles. The Kier molecular flexibility index (Phi) is 3.36. The van der Waals surface area contributed by atoms with Gasteiger partial charge in [0.15, 0.2) is 0 Å². The van der Waals surface area contributed by atoms with Crippen LogP contribution in [-0.4, -0.2) is 5.97 Å². The van der Waals surface area contributed by atoms with Gasteiger partial charge in [0.05, 0.1) is 5.92 Å². The van der Waals surface area contributed by atoms with E-state index in [1.807, 2.05) is 0 Å². The highest BCUT2D eigenvalue weighted by molar-refractivity contribution is 5.71. The molecule has 0 saturated heterocycles. The largest absolute Gasteiger partial charge is 0.373 e. The van der Waals surface area contributed by atoms with Crippen molar-refractivity contribution in [2.24, 2.45) is 11.8 Å². The first kappa shape index (κ1) is 8.53. The first-order chi connectivity index (χ1) is 5.34. The van der Waals surface area contributed by atoms with Gasteiger partial charge in [0, 0.05) is 0 Å². The predicted molar refractivity (Wildman–Crippen MR) is 41.5 cm³/mol. The van der Waals surface area contributed by atoms with Gasteiger partial charge in [-0.25, -0.2) is 0 Å². The molecule has 0 atom stereocenters. The summed E-state index contributed by atoms with van der Waals surface area (Å²) in [5.74, 6) is 4.65. The van der Waals surface area contributed by atoms with E-state index in [9.17, 15) is 4.79 Å². The van der Waals surface area contributed by atoms with Crippen molar-refractivity contribution in [2.75, 3.05) is 0 Å². The van der Waals surface area contributed by atoms with E-state index >= 15 is 0 Å². The van der Waals surface area contributed by atoms with E-state index in [1.54, 1.807) is 0 Å². The first-order valence-corrected chi connectivity index (χ1v) is 4.25. The minimum absolute atomic E-state index is 0.0718. The van der Waals surface area contributed by atoms with Gasteiger partial charge in [0.25, 0.3) is 0 Å². The van der Waals surface area contributed by atoms with Crippen molar-refractivity contribution in [3.8, 4) is 0 Å². The third-order valence-corrected chi connectivity index (χ3v) is 2.30. The normalized spacial score (nSPS) is 20.8. The number of hydrogen-bond acceptors (Lipinski definition) is 3. The summed E-state index contributed by atoms with van der Waals surface area (Å²) in [5.41, 5.74) is 0. The molecule has 1 saturated carbocycles. The molecule has 1 rings (SSSR count). The summed E-state index contributed by atoms with van der Waals surface area (Å²) >= 11 is 0. The minimum Gasteiger partial charge on any atom is -0.373 e. The van der Waals surface area contributed by atoms with E-state index in [2.05, 4.69) is 4.84 Å². The molecule has 0 amide bonds. The topological polar surface area (TPSA) is 52.3 Å². The van der Waals surface area contributed by atoms with Crippen LogP contribution in [-0.2, 0) is 9.63 Å². The summed E-state index contributed by atoms with van der Waals surface area (Å²) in [6, 6.07) is 0. The van der Waals surface area contributed by atoms with Crippen LogP contribution in [0.4, 0.5) is 0 Å². The molecule has 0 aromatic carbocycles. The third-order valence-electron chi connectivity index (χ3n) is 2.30. The summed E-state index contributed by atoms with van der Waals surface area (Å²) in [4.78, 5) is 15.2. The molecule has 2 N–H and O–H groups in total. The van der Waals surface area contributed by atoms with Crippen LogP contribution in [0.5, 0.6) is 0 Å². The van der Waals surface area contributed by atoms with Crippen LogP contribution in [0.3, 0.4) is 0 Å². The zero-order valence-corrected chi connectivity index (χ0v) is 6.71. The molecule has 0 aromatic heterocycles. The summed E-state index contributed by atoms with van der Waals surface area (Å²) in [6.07, 6.45) is 6.67. The SMILES string of the molecule is NOC(=O)C1CCCCCC1. The van der Waals surface area contributed by atoms with Crippen LogP contribution in [0.1, 0.15) is 38.5 Å². The van der Waals surface area contributed by atoms with Crippen molar-refractivity contribution in [2.45, 2.75) is 38.5 Å². The van der Waals surface area contributed by atoms with Crippen LogP contribution in [0.25, 0.3) is 0 Å². The lowest BCUT2D eigenvalue weighted by Gasteiger charge is -2.08. The van der Waals surface area contributed by atoms with Gasteiger partial charge < -0.3 is 4.84 Å². The molecule has 3 nitrogen and oxygen atoms in total. The second-order valence-corrected chi connectivity index (χ2v) is 3.13. The Morgan fingerprint density at radius 1 is 1.18 bits per heavy atom. The molecule has 0 aromatic rings. The maximum absolute atomic E-state index is 11.0. The highest BCUT2D eigenvalue weighted by Gasteiger charge is 2.20. The smallest absolute Gasteiger partial charge is 0.327 e. The van der Waals surface area contributed by atoms with Crippen molar-refractivity contribution in [3.63, 3.8) is 0 Å². The maximum atomic E-state index is 11.0. The average molecular weight is 157 g/mol. The second kappa shape index (κ2) is 4.34. The molecule has 0 aliphatic heterocycles. The maximum Gasteiger partial charge on any atom is 0.327 e. The zero-order valence-electron chi connectivity index (χ0n) is 6.71. The fourth-order valence-electron chi connectivity index (χ4n) is 1.61. The van der Waals surface area contributed by atoms with Gasteiger partial charge in [-0.15, -0.1) is 0 Å². The van der Waals surface area contributed by atoms with E-state index in [-0.39, 0.29) is 11.9 Å². The van der Waals surface area contributed by atoms with Gasteiger partial charge in [0.1, 0.15) is 0 Å². The fraction of sp³-hybridized carbons (Fsp3) is 0.875. The zero-order chi connectivity index (χ0) is 8.10. The average Bonchev–Trinajstić information content (AvgIpc) is 2.30. The Morgan fingerprint density at radius 3 is 2.18 bits per heavy atom. The van der Waals surface area contributed by atoms with Gasteiger partial charge >= 0.3 is 5.97 Å². The van der Waals surface area contributed by atoms with Crippen LogP contribution < -0.4 is 5.90 Å². The lowest BCUT2D eigenvalue weighted by molar-refractivity contribution is -0.149. The Hall–Kier alpha value is -0.570. The van der Waals surface area contributed by atoms with Crippen LogP contribution in [0.2, 0.25) is 0 Å². The molecule has 1 aliphatic rings. The molecule has 0 spiro atoms. The van der Waals surface area contributed by atoms with Gasteiger partial charge in [0.2, 0.25) is 0 Å². The van der Waals surface area contributed by atoms with Gasteiger partial charge in [-0.3, -0.25) is 4.79 Å². The molecule has 11 heavy (non-hydrogen) atoms. The van der Waals surface area contributed by atoms with Crippen molar-refractivity contribution < 1.29 is 9.63 Å². The third kappa shape index (κ3) is 2.50. The molecular formula is C8H15NO2. The summed E-state index contributed by atoms with van der Waals surface area (Å²) in [5, 5.41) is 0. The van der Waals surface area contributed by atoms with Gasteiger partial charge in [-0.1, -0.05) is 25.7 Å². The Morgan fingerprint density at radius 2 is 1.73 bits per heavy atom. The van der Waals surface area contributed by atoms with E-state index in [4.69, 9.17) is 5.90 Å². The molecule has 0 radical (unpaired) electrons. The molecule has 64 valence electrons. The summed E-state index contributed by atoms with van der Waals surface area (Å²) < 4.78 is 0. The monoisotopic (exact) mass is 157 g/mol. The van der Waals surface area contributed by atoms with Crippen molar-refractivity contribution >= 4 is 5.97 Å². The molecule has 0 bridgehead atoms. The van der Waals surface area contributed by atoms with Gasteiger partial charge in [-0.05, 0) is 12.8 Å². The van der Waals surface area contributed by atoms with Crippen molar-refractivity contribution in [1.29, 1.82) is 0 Å². The standard InChI is InChI=1S/C8H15NO2/c9-11-8(10)7-5-3-1-2-4-6-7/h7H,1-6,9H2. The Bertz CT molecular complexity index is 128. The molecular weight excluding hydrogens is 142 g/mol. The lowest BCUT2D eigenvalue weighted by atomic mass is 10.0. The number of hydrogen-bond donors (Lipinski definition) is 1. The van der Waals surface area contributed by atoms with E-state index in [0.29, 0.717) is 0 Å². The minimum atomic E-state index is -0.230. The van der Waals surface area contributed by atoms with Crippen LogP contribution in [0, 0.1) is 5.92 Å². The van der Waals surface area contributed by atoms with Gasteiger partial charge in [-0.2, -0.15) is 5.90 Å². The predicted octanol–water partition coefficient (Wildman–Crippen LogP) is 1.37. The fourth-order valence-corrected chi connectivity index (χ4v) is 1.61. The van der Waals surface area contributed by atoms with E-state index in [1.165, 1.54) is 12.8 Å². The van der Waals surface area contributed by atoms with Crippen LogP contribution in [0.15, 0.2) is 0 Å². The first-order valence-electron chi connectivity index (χ1n) is 4.25. The Labute approximate surface area is 66.9 Å². The number of rotatable bonds is 1. The highest BCUT2D eigenvalue weighted by atomic mass is 16.7. The quantitative estimate of drug-likeness (QED) is 0.462. The molecule has 0 unspecified atom stereocenters. The summed E-state index contributed by atoms with van der Waals surface area (Å²) in [6.45, 7) is 0. The van der Waals surface area contributed by atoms with Crippen LogP contribution >= 0.6 is 0 Å². The summed E-state index contributed by atoms with van der Waals surface area (Å²) in [7, 11) is 0. The van der Waals surface area contributed by atoms with Crippen molar-refractivity contribution in [3.05, 3.63) is 0 Å². The number of carbonyl (C=O) groups excluding carboxylic acids is 1. The number of nitrogens with two attached hydrogens (primary N) is 1. The highest BCUT2D eigenvalue weighted by Crippen LogP contribution is 2.23. The Balaban J connectivity index is 2.36. The van der Waals surface area contributed by atoms with E-state index in [0.717, 1.165) is 25.7 Å². The second-order valence-electron chi connectivity index (χ2n) is 3.13.